The van der Waals surface area contributed by atoms with Gasteiger partial charge in [-0.05, 0) is 37.8 Å². The van der Waals surface area contributed by atoms with Crippen molar-refractivity contribution < 1.29 is 27.6 Å². The number of para-hydroxylation sites is 1. The summed E-state index contributed by atoms with van der Waals surface area (Å²) in [5, 5.41) is 2.36. The molecule has 1 aromatic carbocycles. The van der Waals surface area contributed by atoms with Gasteiger partial charge >= 0.3 is 6.18 Å². The molecule has 180 valence electrons. The smallest absolute Gasteiger partial charge is 0.342 e. The van der Waals surface area contributed by atoms with Gasteiger partial charge in [-0.3, -0.25) is 19.3 Å². The molecule has 0 aromatic heterocycles. The number of piperidine rings is 1. The fourth-order valence-electron chi connectivity index (χ4n) is 4.58. The average Bonchev–Trinajstić information content (AvgIpc) is 3.64. The monoisotopic (exact) mass is 466 g/mol. The van der Waals surface area contributed by atoms with Crippen LogP contribution in [0, 0.1) is 11.8 Å². The molecular weight excluding hydrogens is 437 g/mol. The van der Waals surface area contributed by atoms with E-state index in [1.54, 1.807) is 4.90 Å². The SMILES string of the molecule is O=C(CN1CCN(C(=O)C2CCCN(C(=O)C3CC3)C2)CC1)Nc1ccccc1C(F)(F)F. The Balaban J connectivity index is 1.25. The van der Waals surface area contributed by atoms with Crippen LogP contribution in [0.3, 0.4) is 0 Å². The molecule has 4 rings (SSSR count). The summed E-state index contributed by atoms with van der Waals surface area (Å²) in [6.45, 7) is 3.02. The van der Waals surface area contributed by atoms with E-state index in [9.17, 15) is 27.6 Å². The molecule has 0 bridgehead atoms. The molecule has 1 aromatic rings. The highest BCUT2D eigenvalue weighted by Crippen LogP contribution is 2.35. The van der Waals surface area contributed by atoms with E-state index in [-0.39, 0.29) is 35.9 Å². The van der Waals surface area contributed by atoms with Gasteiger partial charge in [0.15, 0.2) is 0 Å². The summed E-state index contributed by atoms with van der Waals surface area (Å²) in [7, 11) is 0. The van der Waals surface area contributed by atoms with Crippen LogP contribution in [0.1, 0.15) is 31.2 Å². The van der Waals surface area contributed by atoms with Gasteiger partial charge in [-0.25, -0.2) is 0 Å². The van der Waals surface area contributed by atoms with E-state index in [4.69, 9.17) is 0 Å². The third kappa shape index (κ3) is 5.85. The molecule has 3 amide bonds. The summed E-state index contributed by atoms with van der Waals surface area (Å²) >= 11 is 0. The second-order valence-corrected chi connectivity index (χ2v) is 9.09. The number of likely N-dealkylation sites (tertiary alicyclic amines) is 1. The van der Waals surface area contributed by atoms with E-state index in [0.717, 1.165) is 38.3 Å². The van der Waals surface area contributed by atoms with Crippen LogP contribution in [0.4, 0.5) is 18.9 Å². The third-order valence-electron chi connectivity index (χ3n) is 6.57. The fourth-order valence-corrected chi connectivity index (χ4v) is 4.58. The zero-order valence-corrected chi connectivity index (χ0v) is 18.4. The molecule has 0 spiro atoms. The summed E-state index contributed by atoms with van der Waals surface area (Å²) < 4.78 is 39.4. The van der Waals surface area contributed by atoms with Crippen molar-refractivity contribution >= 4 is 23.4 Å². The zero-order valence-electron chi connectivity index (χ0n) is 18.4. The number of rotatable bonds is 5. The number of amides is 3. The van der Waals surface area contributed by atoms with Crippen molar-refractivity contribution in [3.63, 3.8) is 0 Å². The lowest BCUT2D eigenvalue weighted by atomic mass is 9.95. The Morgan fingerprint density at radius 3 is 2.21 bits per heavy atom. The normalized spacial score (nSPS) is 22.2. The first-order valence-electron chi connectivity index (χ1n) is 11.5. The van der Waals surface area contributed by atoms with Crippen molar-refractivity contribution in [1.82, 2.24) is 14.7 Å². The highest BCUT2D eigenvalue weighted by atomic mass is 19.4. The highest BCUT2D eigenvalue weighted by molar-refractivity contribution is 5.93. The van der Waals surface area contributed by atoms with E-state index in [0.29, 0.717) is 32.7 Å². The van der Waals surface area contributed by atoms with Crippen LogP contribution >= 0.6 is 0 Å². The Hall–Kier alpha value is -2.62. The van der Waals surface area contributed by atoms with Crippen molar-refractivity contribution in [3.8, 4) is 0 Å². The Morgan fingerprint density at radius 2 is 1.55 bits per heavy atom. The lowest BCUT2D eigenvalue weighted by Crippen LogP contribution is -2.54. The molecule has 2 heterocycles. The standard InChI is InChI=1S/C23H29F3N4O3/c24-23(25,26)18-5-1-2-6-19(18)27-20(31)15-28-10-12-29(13-11-28)22(33)17-4-3-9-30(14-17)21(32)16-7-8-16/h1-2,5-6,16-17H,3-4,7-15H2,(H,27,31). The van der Waals surface area contributed by atoms with Crippen LogP contribution in [0.15, 0.2) is 24.3 Å². The molecular formula is C23H29F3N4O3. The molecule has 1 saturated carbocycles. The number of hydrogen-bond acceptors (Lipinski definition) is 4. The molecule has 33 heavy (non-hydrogen) atoms. The Labute approximate surface area is 190 Å². The van der Waals surface area contributed by atoms with Gasteiger partial charge in [-0.2, -0.15) is 13.2 Å². The Bertz CT molecular complexity index is 895. The van der Waals surface area contributed by atoms with Gasteiger partial charge in [0.25, 0.3) is 0 Å². The average molecular weight is 467 g/mol. The fraction of sp³-hybridized carbons (Fsp3) is 0.609. The van der Waals surface area contributed by atoms with E-state index in [2.05, 4.69) is 5.32 Å². The Kier molecular flexibility index (Phi) is 6.92. The maximum Gasteiger partial charge on any atom is 0.418 e. The van der Waals surface area contributed by atoms with Gasteiger partial charge < -0.3 is 15.1 Å². The molecule has 3 fully saturated rings. The van der Waals surface area contributed by atoms with E-state index in [1.807, 2.05) is 9.80 Å². The molecule has 2 aliphatic heterocycles. The number of halogens is 3. The van der Waals surface area contributed by atoms with Gasteiger partial charge in [0.1, 0.15) is 0 Å². The van der Waals surface area contributed by atoms with Gasteiger partial charge in [0.05, 0.1) is 23.7 Å². The van der Waals surface area contributed by atoms with Crippen molar-refractivity contribution in [3.05, 3.63) is 29.8 Å². The second kappa shape index (κ2) is 9.70. The summed E-state index contributed by atoms with van der Waals surface area (Å²) in [6.07, 6.45) is -1.05. The quantitative estimate of drug-likeness (QED) is 0.724. The van der Waals surface area contributed by atoms with E-state index in [1.165, 1.54) is 18.2 Å². The van der Waals surface area contributed by atoms with Gasteiger partial charge in [0.2, 0.25) is 17.7 Å². The minimum absolute atomic E-state index is 0.0404. The summed E-state index contributed by atoms with van der Waals surface area (Å²) in [6, 6.07) is 4.89. The maximum absolute atomic E-state index is 13.1. The highest BCUT2D eigenvalue weighted by Gasteiger charge is 2.38. The lowest BCUT2D eigenvalue weighted by molar-refractivity contribution is -0.142. The van der Waals surface area contributed by atoms with Crippen molar-refractivity contribution in [2.75, 3.05) is 51.1 Å². The number of nitrogens with one attached hydrogen (secondary N) is 1. The maximum atomic E-state index is 13.1. The van der Waals surface area contributed by atoms with E-state index < -0.39 is 17.6 Å². The van der Waals surface area contributed by atoms with Crippen LogP contribution in [0.2, 0.25) is 0 Å². The number of piperazine rings is 1. The van der Waals surface area contributed by atoms with Crippen LogP contribution in [-0.4, -0.2) is 78.2 Å². The van der Waals surface area contributed by atoms with Gasteiger partial charge in [0, 0.05) is 45.2 Å². The molecule has 1 N–H and O–H groups in total. The van der Waals surface area contributed by atoms with Gasteiger partial charge in [-0.1, -0.05) is 12.1 Å². The largest absolute Gasteiger partial charge is 0.418 e. The molecule has 1 atom stereocenters. The van der Waals surface area contributed by atoms with Crippen molar-refractivity contribution in [2.24, 2.45) is 11.8 Å². The number of hydrogen-bond donors (Lipinski definition) is 1. The minimum Gasteiger partial charge on any atom is -0.342 e. The van der Waals surface area contributed by atoms with Crippen molar-refractivity contribution in [1.29, 1.82) is 0 Å². The van der Waals surface area contributed by atoms with Crippen molar-refractivity contribution in [2.45, 2.75) is 31.9 Å². The molecule has 1 aliphatic carbocycles. The van der Waals surface area contributed by atoms with Crippen LogP contribution < -0.4 is 5.32 Å². The molecule has 7 nitrogen and oxygen atoms in total. The first-order valence-corrected chi connectivity index (χ1v) is 11.5. The van der Waals surface area contributed by atoms with Crippen LogP contribution in [0.25, 0.3) is 0 Å². The molecule has 1 unspecified atom stereocenters. The first-order chi connectivity index (χ1) is 15.7. The number of alkyl halides is 3. The predicted octanol–water partition coefficient (Wildman–Crippen LogP) is 2.44. The first kappa shape index (κ1) is 23.5. The summed E-state index contributed by atoms with van der Waals surface area (Å²) in [5.74, 6) is -0.332. The third-order valence-corrected chi connectivity index (χ3v) is 6.57. The topological polar surface area (TPSA) is 73.0 Å². The van der Waals surface area contributed by atoms with Gasteiger partial charge in [-0.15, -0.1) is 0 Å². The molecule has 0 radical (unpaired) electrons. The second-order valence-electron chi connectivity index (χ2n) is 9.09. The number of nitrogens with zero attached hydrogens (tertiary/aromatic N) is 3. The summed E-state index contributed by atoms with van der Waals surface area (Å²) in [4.78, 5) is 43.1. The molecule has 2 saturated heterocycles. The number of anilines is 1. The number of carbonyl (C=O) groups is 3. The number of carbonyl (C=O) groups excluding carboxylic acids is 3. The summed E-state index contributed by atoms with van der Waals surface area (Å²) in [5.41, 5.74) is -1.14. The van der Waals surface area contributed by atoms with E-state index >= 15 is 0 Å². The lowest BCUT2D eigenvalue weighted by Gasteiger charge is -2.39. The molecule has 10 heteroatoms. The zero-order chi connectivity index (χ0) is 23.6. The van der Waals surface area contributed by atoms with Crippen LogP contribution in [0.5, 0.6) is 0 Å². The van der Waals surface area contributed by atoms with Crippen LogP contribution in [-0.2, 0) is 20.6 Å². The Morgan fingerprint density at radius 1 is 0.879 bits per heavy atom. The predicted molar refractivity (Wildman–Crippen MR) is 115 cm³/mol. The number of benzene rings is 1. The minimum atomic E-state index is -4.55. The molecule has 3 aliphatic rings.